The van der Waals surface area contributed by atoms with E-state index in [4.69, 9.17) is 0 Å². The summed E-state index contributed by atoms with van der Waals surface area (Å²) in [5, 5.41) is 2.83. The van der Waals surface area contributed by atoms with Gasteiger partial charge in [0.1, 0.15) is 0 Å². The summed E-state index contributed by atoms with van der Waals surface area (Å²) in [4.78, 5) is 26.2. The van der Waals surface area contributed by atoms with Gasteiger partial charge in [0, 0.05) is 19.6 Å². The molecule has 1 aliphatic carbocycles. The molecule has 0 aromatic carbocycles. The standard InChI is InChI=1S/C14H24N2O2/c1-4-15-13(17)11-9-7-8-10-12(11)14(18)16(5-2)6-3/h7-8,11-12H,4-6,9-10H2,1-3H3,(H,15,17). The van der Waals surface area contributed by atoms with Gasteiger partial charge in [-0.25, -0.2) is 0 Å². The molecule has 102 valence electrons. The molecule has 2 unspecified atom stereocenters. The summed E-state index contributed by atoms with van der Waals surface area (Å²) in [6.07, 6.45) is 5.37. The monoisotopic (exact) mass is 252 g/mol. The van der Waals surface area contributed by atoms with Crippen molar-refractivity contribution < 1.29 is 9.59 Å². The van der Waals surface area contributed by atoms with Crippen LogP contribution in [0.4, 0.5) is 0 Å². The van der Waals surface area contributed by atoms with E-state index in [1.54, 1.807) is 0 Å². The third-order valence-electron chi connectivity index (χ3n) is 3.51. The largest absolute Gasteiger partial charge is 0.356 e. The molecule has 0 heterocycles. The molecule has 1 rings (SSSR count). The maximum absolute atomic E-state index is 12.4. The van der Waals surface area contributed by atoms with Gasteiger partial charge in [-0.3, -0.25) is 9.59 Å². The Bertz CT molecular complexity index is 322. The van der Waals surface area contributed by atoms with Crippen molar-refractivity contribution in [3.05, 3.63) is 12.2 Å². The zero-order chi connectivity index (χ0) is 13.5. The number of carbonyl (C=O) groups is 2. The van der Waals surface area contributed by atoms with Crippen LogP contribution >= 0.6 is 0 Å². The Morgan fingerprint density at radius 3 is 2.17 bits per heavy atom. The molecule has 0 radical (unpaired) electrons. The van der Waals surface area contributed by atoms with Crippen LogP contribution in [0.5, 0.6) is 0 Å². The van der Waals surface area contributed by atoms with E-state index in [0.29, 0.717) is 32.5 Å². The molecule has 0 bridgehead atoms. The second-order valence-electron chi connectivity index (χ2n) is 4.56. The first-order valence-corrected chi connectivity index (χ1v) is 6.87. The van der Waals surface area contributed by atoms with Crippen LogP contribution in [0, 0.1) is 11.8 Å². The fraction of sp³-hybridized carbons (Fsp3) is 0.714. The number of rotatable bonds is 5. The Kier molecular flexibility index (Phi) is 5.89. The number of hydrogen-bond acceptors (Lipinski definition) is 2. The summed E-state index contributed by atoms with van der Waals surface area (Å²) in [6.45, 7) is 7.88. The van der Waals surface area contributed by atoms with Crippen LogP contribution in [-0.2, 0) is 9.59 Å². The summed E-state index contributed by atoms with van der Waals surface area (Å²) in [7, 11) is 0. The molecule has 4 nitrogen and oxygen atoms in total. The first-order valence-electron chi connectivity index (χ1n) is 6.87. The predicted octanol–water partition coefficient (Wildman–Crippen LogP) is 1.57. The van der Waals surface area contributed by atoms with Gasteiger partial charge in [-0.05, 0) is 33.6 Å². The molecule has 0 aromatic rings. The Balaban J connectivity index is 2.79. The maximum atomic E-state index is 12.4. The number of allylic oxidation sites excluding steroid dienone is 2. The SMILES string of the molecule is CCNC(=O)C1CC=CCC1C(=O)N(CC)CC. The van der Waals surface area contributed by atoms with Crippen LogP contribution < -0.4 is 5.32 Å². The first-order chi connectivity index (χ1) is 8.65. The van der Waals surface area contributed by atoms with Gasteiger partial charge in [0.15, 0.2) is 0 Å². The summed E-state index contributed by atoms with van der Waals surface area (Å²) in [5.41, 5.74) is 0. The molecule has 1 N–H and O–H groups in total. The number of nitrogens with one attached hydrogen (secondary N) is 1. The zero-order valence-electron chi connectivity index (χ0n) is 11.6. The Labute approximate surface area is 109 Å². The quantitative estimate of drug-likeness (QED) is 0.755. The number of amides is 2. The molecule has 2 atom stereocenters. The molecule has 0 fully saturated rings. The molecule has 4 heteroatoms. The van der Waals surface area contributed by atoms with Crippen molar-refractivity contribution in [1.82, 2.24) is 10.2 Å². The van der Waals surface area contributed by atoms with Gasteiger partial charge >= 0.3 is 0 Å². The lowest BCUT2D eigenvalue weighted by Crippen LogP contribution is -2.44. The second-order valence-corrected chi connectivity index (χ2v) is 4.56. The molecule has 0 saturated carbocycles. The fourth-order valence-corrected chi connectivity index (χ4v) is 2.45. The van der Waals surface area contributed by atoms with Gasteiger partial charge in [0.2, 0.25) is 11.8 Å². The van der Waals surface area contributed by atoms with E-state index in [-0.39, 0.29) is 23.7 Å². The lowest BCUT2D eigenvalue weighted by atomic mass is 9.81. The molecule has 0 spiro atoms. The van der Waals surface area contributed by atoms with E-state index < -0.39 is 0 Å². The normalized spacial score (nSPS) is 22.6. The van der Waals surface area contributed by atoms with E-state index in [2.05, 4.69) is 5.32 Å². The van der Waals surface area contributed by atoms with Crippen LogP contribution in [0.15, 0.2) is 12.2 Å². The van der Waals surface area contributed by atoms with Crippen molar-refractivity contribution in [2.45, 2.75) is 33.6 Å². The van der Waals surface area contributed by atoms with Gasteiger partial charge in [0.25, 0.3) is 0 Å². The van der Waals surface area contributed by atoms with Crippen molar-refractivity contribution in [2.24, 2.45) is 11.8 Å². The van der Waals surface area contributed by atoms with Crippen LogP contribution in [0.25, 0.3) is 0 Å². The molecule has 0 aliphatic heterocycles. The van der Waals surface area contributed by atoms with Gasteiger partial charge in [-0.15, -0.1) is 0 Å². The third kappa shape index (κ3) is 3.34. The second kappa shape index (κ2) is 7.19. The Morgan fingerprint density at radius 2 is 1.67 bits per heavy atom. The average molecular weight is 252 g/mol. The van der Waals surface area contributed by atoms with E-state index in [1.165, 1.54) is 0 Å². The minimum atomic E-state index is -0.206. The maximum Gasteiger partial charge on any atom is 0.226 e. The van der Waals surface area contributed by atoms with Crippen molar-refractivity contribution >= 4 is 11.8 Å². The van der Waals surface area contributed by atoms with Gasteiger partial charge in [-0.2, -0.15) is 0 Å². The van der Waals surface area contributed by atoms with Crippen LogP contribution in [0.3, 0.4) is 0 Å². The smallest absolute Gasteiger partial charge is 0.226 e. The van der Waals surface area contributed by atoms with Gasteiger partial charge < -0.3 is 10.2 Å². The molecule has 0 aromatic heterocycles. The molecular weight excluding hydrogens is 228 g/mol. The van der Waals surface area contributed by atoms with E-state index in [0.717, 1.165) is 0 Å². The summed E-state index contributed by atoms with van der Waals surface area (Å²) in [6, 6.07) is 0. The van der Waals surface area contributed by atoms with Crippen molar-refractivity contribution in [3.63, 3.8) is 0 Å². The predicted molar refractivity (Wildman–Crippen MR) is 72.0 cm³/mol. The van der Waals surface area contributed by atoms with E-state index >= 15 is 0 Å². The summed E-state index contributed by atoms with van der Waals surface area (Å²) in [5.74, 6) is -0.280. The molecular formula is C14H24N2O2. The molecule has 18 heavy (non-hydrogen) atoms. The van der Waals surface area contributed by atoms with Crippen LogP contribution in [0.2, 0.25) is 0 Å². The van der Waals surface area contributed by atoms with Gasteiger partial charge in [-0.1, -0.05) is 12.2 Å². The molecule has 0 saturated heterocycles. The summed E-state index contributed by atoms with van der Waals surface area (Å²) < 4.78 is 0. The highest BCUT2D eigenvalue weighted by Gasteiger charge is 2.35. The van der Waals surface area contributed by atoms with Crippen molar-refractivity contribution in [3.8, 4) is 0 Å². The van der Waals surface area contributed by atoms with Crippen LogP contribution in [-0.4, -0.2) is 36.3 Å². The lowest BCUT2D eigenvalue weighted by Gasteiger charge is -2.31. The summed E-state index contributed by atoms with van der Waals surface area (Å²) >= 11 is 0. The minimum Gasteiger partial charge on any atom is -0.356 e. The van der Waals surface area contributed by atoms with Crippen LogP contribution in [0.1, 0.15) is 33.6 Å². The lowest BCUT2D eigenvalue weighted by molar-refractivity contribution is -0.141. The average Bonchev–Trinajstić information content (AvgIpc) is 2.40. The molecule has 2 amide bonds. The number of carbonyl (C=O) groups excluding carboxylic acids is 2. The third-order valence-corrected chi connectivity index (χ3v) is 3.51. The minimum absolute atomic E-state index is 0.00681. The Morgan fingerprint density at radius 1 is 1.11 bits per heavy atom. The highest BCUT2D eigenvalue weighted by molar-refractivity contribution is 5.88. The molecule has 1 aliphatic rings. The topological polar surface area (TPSA) is 49.4 Å². The van der Waals surface area contributed by atoms with Crippen molar-refractivity contribution in [1.29, 1.82) is 0 Å². The first kappa shape index (κ1) is 14.7. The van der Waals surface area contributed by atoms with Gasteiger partial charge in [0.05, 0.1) is 11.8 Å². The van der Waals surface area contributed by atoms with E-state index in [9.17, 15) is 9.59 Å². The Hall–Kier alpha value is -1.32. The van der Waals surface area contributed by atoms with Crippen molar-refractivity contribution in [2.75, 3.05) is 19.6 Å². The highest BCUT2D eigenvalue weighted by atomic mass is 16.2. The number of hydrogen-bond donors (Lipinski definition) is 1. The fourth-order valence-electron chi connectivity index (χ4n) is 2.45. The zero-order valence-corrected chi connectivity index (χ0v) is 11.6. The number of nitrogens with zero attached hydrogens (tertiary/aromatic N) is 1. The highest BCUT2D eigenvalue weighted by Crippen LogP contribution is 2.27. The van der Waals surface area contributed by atoms with E-state index in [1.807, 2.05) is 37.8 Å².